The first-order valence-corrected chi connectivity index (χ1v) is 7.52. The van der Waals surface area contributed by atoms with Gasteiger partial charge < -0.3 is 0 Å². The van der Waals surface area contributed by atoms with Crippen LogP contribution in [0, 0.1) is 11.3 Å². The van der Waals surface area contributed by atoms with E-state index in [0.29, 0.717) is 23.7 Å². The molecule has 1 aromatic rings. The Balaban J connectivity index is 2.03. The fraction of sp³-hybridized carbons (Fsp3) is 0.529. The van der Waals surface area contributed by atoms with Crippen molar-refractivity contribution in [3.63, 3.8) is 0 Å². The number of nitrogens with zero attached hydrogens (tertiary/aromatic N) is 2. The van der Waals surface area contributed by atoms with Crippen LogP contribution in [0.4, 0.5) is 0 Å². The number of ketones is 1. The molecule has 1 heterocycles. The van der Waals surface area contributed by atoms with Gasteiger partial charge >= 0.3 is 0 Å². The van der Waals surface area contributed by atoms with Gasteiger partial charge in [0, 0.05) is 11.6 Å². The van der Waals surface area contributed by atoms with Gasteiger partial charge in [0.05, 0.1) is 18.2 Å². The van der Waals surface area contributed by atoms with E-state index in [1.807, 2.05) is 0 Å². The molecule has 2 rings (SSSR count). The lowest BCUT2D eigenvalue weighted by Crippen LogP contribution is -2.38. The molecule has 0 spiro atoms. The number of hydrogen-bond donors (Lipinski definition) is 0. The Kier molecular flexibility index (Phi) is 5.31. The quantitative estimate of drug-likeness (QED) is 0.788. The van der Waals surface area contributed by atoms with Crippen molar-refractivity contribution >= 4 is 5.78 Å². The summed E-state index contributed by atoms with van der Waals surface area (Å²) >= 11 is 0. The summed E-state index contributed by atoms with van der Waals surface area (Å²) in [5.41, 5.74) is 1.31. The second kappa shape index (κ2) is 7.21. The molecule has 1 aromatic carbocycles. The van der Waals surface area contributed by atoms with Crippen LogP contribution in [-0.4, -0.2) is 29.8 Å². The lowest BCUT2D eigenvalue weighted by atomic mass is 10.1. The van der Waals surface area contributed by atoms with Crippen molar-refractivity contribution in [3.05, 3.63) is 35.4 Å². The summed E-state index contributed by atoms with van der Waals surface area (Å²) < 4.78 is 0. The van der Waals surface area contributed by atoms with E-state index < -0.39 is 0 Å². The highest BCUT2D eigenvalue weighted by Gasteiger charge is 2.21. The maximum absolute atomic E-state index is 12.4. The van der Waals surface area contributed by atoms with E-state index in [4.69, 9.17) is 5.26 Å². The zero-order chi connectivity index (χ0) is 14.4. The number of nitriles is 1. The van der Waals surface area contributed by atoms with Crippen molar-refractivity contribution in [2.45, 2.75) is 45.1 Å². The summed E-state index contributed by atoms with van der Waals surface area (Å²) in [6, 6.07) is 9.58. The smallest absolute Gasteiger partial charge is 0.176 e. The first-order valence-electron chi connectivity index (χ1n) is 7.52. The predicted octanol–water partition coefficient (Wildman–Crippen LogP) is 3.40. The Bertz CT molecular complexity index is 487. The Hall–Kier alpha value is -1.66. The first-order chi connectivity index (χ1) is 9.74. The molecule has 1 aliphatic rings. The van der Waals surface area contributed by atoms with Crippen LogP contribution >= 0.6 is 0 Å². The molecular weight excluding hydrogens is 248 g/mol. The Labute approximate surface area is 121 Å². The predicted molar refractivity (Wildman–Crippen MR) is 79.6 cm³/mol. The molecule has 1 unspecified atom stereocenters. The molecule has 0 amide bonds. The van der Waals surface area contributed by atoms with Crippen LogP contribution in [0.2, 0.25) is 0 Å². The maximum Gasteiger partial charge on any atom is 0.176 e. The van der Waals surface area contributed by atoms with Crippen LogP contribution in [0.5, 0.6) is 0 Å². The van der Waals surface area contributed by atoms with Crippen molar-refractivity contribution < 1.29 is 4.79 Å². The van der Waals surface area contributed by atoms with Crippen molar-refractivity contribution in [3.8, 4) is 6.07 Å². The van der Waals surface area contributed by atoms with E-state index in [1.165, 1.54) is 25.7 Å². The number of Topliss-reactive ketones (excluding diaryl/α,β-unsaturated/α-hetero) is 1. The Morgan fingerprint density at radius 2 is 2.05 bits per heavy atom. The van der Waals surface area contributed by atoms with Gasteiger partial charge in [0.2, 0.25) is 0 Å². The van der Waals surface area contributed by atoms with Crippen molar-refractivity contribution in [1.82, 2.24) is 4.90 Å². The van der Waals surface area contributed by atoms with Crippen molar-refractivity contribution in [2.24, 2.45) is 0 Å². The third kappa shape index (κ3) is 3.68. The molecular formula is C17H22N2O. The standard InChI is InChI=1S/C17H22N2O/c1-2-16-6-4-3-5-11-19(16)13-17(20)15-9-7-14(12-18)8-10-15/h7-10,16H,2-6,11,13H2,1H3. The summed E-state index contributed by atoms with van der Waals surface area (Å²) in [6.07, 6.45) is 6.06. The van der Waals surface area contributed by atoms with Gasteiger partial charge in [-0.3, -0.25) is 9.69 Å². The second-order valence-corrected chi connectivity index (χ2v) is 5.49. The zero-order valence-corrected chi connectivity index (χ0v) is 12.1. The van der Waals surface area contributed by atoms with Crippen LogP contribution in [0.1, 0.15) is 54.9 Å². The highest BCUT2D eigenvalue weighted by Crippen LogP contribution is 2.19. The van der Waals surface area contributed by atoms with Gasteiger partial charge in [-0.15, -0.1) is 0 Å². The topological polar surface area (TPSA) is 44.1 Å². The van der Waals surface area contributed by atoms with Crippen LogP contribution in [-0.2, 0) is 0 Å². The SMILES string of the molecule is CCC1CCCCCN1CC(=O)c1ccc(C#N)cc1. The molecule has 20 heavy (non-hydrogen) atoms. The fourth-order valence-corrected chi connectivity index (χ4v) is 2.91. The third-order valence-corrected chi connectivity index (χ3v) is 4.15. The van der Waals surface area contributed by atoms with E-state index in [0.717, 1.165) is 13.0 Å². The molecule has 0 aromatic heterocycles. The monoisotopic (exact) mass is 270 g/mol. The molecule has 1 fully saturated rings. The van der Waals surface area contributed by atoms with Gasteiger partial charge in [-0.2, -0.15) is 5.26 Å². The minimum absolute atomic E-state index is 0.162. The van der Waals surface area contributed by atoms with Gasteiger partial charge in [0.25, 0.3) is 0 Å². The van der Waals surface area contributed by atoms with E-state index >= 15 is 0 Å². The average molecular weight is 270 g/mol. The molecule has 1 saturated heterocycles. The molecule has 1 aliphatic heterocycles. The van der Waals surface area contributed by atoms with Gasteiger partial charge in [-0.1, -0.05) is 31.9 Å². The number of rotatable bonds is 4. The molecule has 1 atom stereocenters. The lowest BCUT2D eigenvalue weighted by molar-refractivity contribution is 0.0890. The van der Waals surface area contributed by atoms with Crippen molar-refractivity contribution in [1.29, 1.82) is 5.26 Å². The fourth-order valence-electron chi connectivity index (χ4n) is 2.91. The Morgan fingerprint density at radius 1 is 1.30 bits per heavy atom. The average Bonchev–Trinajstić information content (AvgIpc) is 2.72. The van der Waals surface area contributed by atoms with Crippen molar-refractivity contribution in [2.75, 3.05) is 13.1 Å². The molecule has 3 nitrogen and oxygen atoms in total. The van der Waals surface area contributed by atoms with Gasteiger partial charge in [0.15, 0.2) is 5.78 Å². The normalized spacial score (nSPS) is 20.1. The number of carbonyl (C=O) groups excluding carboxylic acids is 1. The summed E-state index contributed by atoms with van der Waals surface area (Å²) in [5.74, 6) is 0.162. The molecule has 3 heteroatoms. The summed E-state index contributed by atoms with van der Waals surface area (Å²) in [5, 5.41) is 8.78. The summed E-state index contributed by atoms with van der Waals surface area (Å²) in [6.45, 7) is 3.74. The van der Waals surface area contributed by atoms with Crippen LogP contribution in [0.15, 0.2) is 24.3 Å². The molecule has 0 radical (unpaired) electrons. The first kappa shape index (κ1) is 14.7. The van der Waals surface area contributed by atoms with Crippen LogP contribution < -0.4 is 0 Å². The van der Waals surface area contributed by atoms with E-state index in [-0.39, 0.29) is 5.78 Å². The number of hydrogen-bond acceptors (Lipinski definition) is 3. The summed E-state index contributed by atoms with van der Waals surface area (Å²) in [4.78, 5) is 14.7. The number of carbonyl (C=O) groups is 1. The minimum Gasteiger partial charge on any atom is -0.293 e. The molecule has 106 valence electrons. The minimum atomic E-state index is 0.162. The molecule has 0 bridgehead atoms. The molecule has 0 saturated carbocycles. The molecule has 0 N–H and O–H groups in total. The Morgan fingerprint density at radius 3 is 2.70 bits per heavy atom. The van der Waals surface area contributed by atoms with Crippen LogP contribution in [0.3, 0.4) is 0 Å². The van der Waals surface area contributed by atoms with Crippen LogP contribution in [0.25, 0.3) is 0 Å². The van der Waals surface area contributed by atoms with Gasteiger partial charge in [-0.05, 0) is 37.9 Å². The second-order valence-electron chi connectivity index (χ2n) is 5.49. The van der Waals surface area contributed by atoms with Gasteiger partial charge in [-0.25, -0.2) is 0 Å². The number of likely N-dealkylation sites (tertiary alicyclic amines) is 1. The highest BCUT2D eigenvalue weighted by molar-refractivity contribution is 5.97. The largest absolute Gasteiger partial charge is 0.293 e. The third-order valence-electron chi connectivity index (χ3n) is 4.15. The van der Waals surface area contributed by atoms with E-state index in [2.05, 4.69) is 17.9 Å². The maximum atomic E-state index is 12.4. The van der Waals surface area contributed by atoms with Gasteiger partial charge in [0.1, 0.15) is 0 Å². The van der Waals surface area contributed by atoms with E-state index in [9.17, 15) is 4.79 Å². The summed E-state index contributed by atoms with van der Waals surface area (Å²) in [7, 11) is 0. The highest BCUT2D eigenvalue weighted by atomic mass is 16.1. The van der Waals surface area contributed by atoms with E-state index in [1.54, 1.807) is 24.3 Å². The number of benzene rings is 1. The zero-order valence-electron chi connectivity index (χ0n) is 12.1. The molecule has 0 aliphatic carbocycles. The lowest BCUT2D eigenvalue weighted by Gasteiger charge is -2.28.